The van der Waals surface area contributed by atoms with Gasteiger partial charge in [-0.25, -0.2) is 0 Å². The molecule has 0 spiro atoms. The maximum Gasteiger partial charge on any atom is 0.165 e. The topological polar surface area (TPSA) is 49.7 Å². The van der Waals surface area contributed by atoms with Gasteiger partial charge in [-0.3, -0.25) is 0 Å². The van der Waals surface area contributed by atoms with Crippen molar-refractivity contribution >= 4 is 22.4 Å². The van der Waals surface area contributed by atoms with E-state index in [1.54, 1.807) is 18.2 Å². The Bertz CT molecular complexity index is 523. The van der Waals surface area contributed by atoms with E-state index in [2.05, 4.69) is 0 Å². The molecule has 0 bridgehead atoms. The fourth-order valence-electron chi connectivity index (χ4n) is 1.49. The molecule has 0 aliphatic carbocycles. The van der Waals surface area contributed by atoms with Gasteiger partial charge in [-0.2, -0.15) is 0 Å². The van der Waals surface area contributed by atoms with Crippen molar-refractivity contribution < 1.29 is 14.9 Å². The van der Waals surface area contributed by atoms with Gasteiger partial charge in [-0.1, -0.05) is 11.6 Å². The van der Waals surface area contributed by atoms with E-state index in [9.17, 15) is 10.2 Å². The molecule has 15 heavy (non-hydrogen) atoms. The molecule has 0 atom stereocenters. The van der Waals surface area contributed by atoms with E-state index in [1.807, 2.05) is 0 Å². The van der Waals surface area contributed by atoms with Gasteiger partial charge in [0.2, 0.25) is 0 Å². The third-order valence-electron chi connectivity index (χ3n) is 2.23. The Morgan fingerprint density at radius 2 is 1.87 bits per heavy atom. The normalized spacial score (nSPS) is 10.5. The zero-order valence-electron chi connectivity index (χ0n) is 7.99. The van der Waals surface area contributed by atoms with Crippen LogP contribution in [0.15, 0.2) is 24.3 Å². The number of hydrogen-bond donors (Lipinski definition) is 2. The van der Waals surface area contributed by atoms with Gasteiger partial charge in [0, 0.05) is 21.9 Å². The smallest absolute Gasteiger partial charge is 0.165 e. The lowest BCUT2D eigenvalue weighted by atomic mass is 10.1. The summed E-state index contributed by atoms with van der Waals surface area (Å²) in [5.74, 6) is 0.270. The minimum atomic E-state index is 0.00182. The van der Waals surface area contributed by atoms with Crippen molar-refractivity contribution in [3.63, 3.8) is 0 Å². The van der Waals surface area contributed by atoms with Crippen LogP contribution < -0.4 is 4.74 Å². The van der Waals surface area contributed by atoms with Crippen LogP contribution in [0.2, 0.25) is 5.02 Å². The molecular weight excluding hydrogens is 216 g/mol. The van der Waals surface area contributed by atoms with Gasteiger partial charge < -0.3 is 14.9 Å². The predicted molar refractivity (Wildman–Crippen MR) is 58.8 cm³/mol. The first-order valence-corrected chi connectivity index (χ1v) is 4.69. The van der Waals surface area contributed by atoms with Crippen LogP contribution >= 0.6 is 11.6 Å². The van der Waals surface area contributed by atoms with E-state index >= 15 is 0 Å². The van der Waals surface area contributed by atoms with Gasteiger partial charge in [0.15, 0.2) is 11.5 Å². The second kappa shape index (κ2) is 3.51. The van der Waals surface area contributed by atoms with Crippen LogP contribution in [0.3, 0.4) is 0 Å². The minimum Gasteiger partial charge on any atom is -0.507 e. The molecular formula is C11H9ClO3. The van der Waals surface area contributed by atoms with Crippen molar-refractivity contribution in [2.24, 2.45) is 0 Å². The summed E-state index contributed by atoms with van der Waals surface area (Å²) in [7, 11) is 1.43. The highest BCUT2D eigenvalue weighted by Gasteiger charge is 2.11. The molecule has 78 valence electrons. The Balaban J connectivity index is 2.87. The minimum absolute atomic E-state index is 0.00182. The standard InChI is InChI=1S/C11H9ClO3/c1-15-10-5-9(13)8-4-6(12)2-3-7(8)11(10)14/h2-5,13-14H,1H3. The molecule has 0 radical (unpaired) electrons. The quantitative estimate of drug-likeness (QED) is 0.733. The molecule has 0 unspecified atom stereocenters. The van der Waals surface area contributed by atoms with Crippen molar-refractivity contribution in [3.05, 3.63) is 29.3 Å². The molecule has 0 amide bonds. The highest BCUT2D eigenvalue weighted by Crippen LogP contribution is 2.40. The monoisotopic (exact) mass is 224 g/mol. The Labute approximate surface area is 91.5 Å². The zero-order chi connectivity index (χ0) is 11.0. The average Bonchev–Trinajstić information content (AvgIpc) is 2.23. The predicted octanol–water partition coefficient (Wildman–Crippen LogP) is 2.91. The maximum atomic E-state index is 9.79. The van der Waals surface area contributed by atoms with Crippen molar-refractivity contribution in [3.8, 4) is 17.2 Å². The summed E-state index contributed by atoms with van der Waals surface area (Å²) in [6.45, 7) is 0. The highest BCUT2D eigenvalue weighted by molar-refractivity contribution is 6.31. The number of phenols is 2. The second-order valence-electron chi connectivity index (χ2n) is 3.14. The van der Waals surface area contributed by atoms with E-state index < -0.39 is 0 Å². The van der Waals surface area contributed by atoms with Crippen LogP contribution in [-0.4, -0.2) is 17.3 Å². The third-order valence-corrected chi connectivity index (χ3v) is 2.47. The van der Waals surface area contributed by atoms with Crippen LogP contribution in [0.25, 0.3) is 10.8 Å². The molecule has 0 aliphatic rings. The van der Waals surface area contributed by atoms with Gasteiger partial charge in [0.1, 0.15) is 5.75 Å². The van der Waals surface area contributed by atoms with E-state index in [-0.39, 0.29) is 17.2 Å². The van der Waals surface area contributed by atoms with E-state index in [0.717, 1.165) is 0 Å². The number of phenolic OH excluding ortho intramolecular Hbond substituents is 2. The molecule has 0 aromatic heterocycles. The summed E-state index contributed by atoms with van der Waals surface area (Å²) in [5.41, 5.74) is 0. The molecule has 0 fully saturated rings. The number of fused-ring (bicyclic) bond motifs is 1. The number of rotatable bonds is 1. The third kappa shape index (κ3) is 1.55. The molecule has 2 rings (SSSR count). The van der Waals surface area contributed by atoms with Crippen molar-refractivity contribution in [2.75, 3.05) is 7.11 Å². The highest BCUT2D eigenvalue weighted by atomic mass is 35.5. The van der Waals surface area contributed by atoms with Crippen LogP contribution in [0.5, 0.6) is 17.2 Å². The molecule has 0 saturated heterocycles. The molecule has 0 saturated carbocycles. The lowest BCUT2D eigenvalue weighted by Crippen LogP contribution is -1.85. The number of methoxy groups -OCH3 is 1. The summed E-state index contributed by atoms with van der Waals surface area (Å²) >= 11 is 5.79. The Morgan fingerprint density at radius 1 is 1.13 bits per heavy atom. The van der Waals surface area contributed by atoms with Gasteiger partial charge in [0.05, 0.1) is 7.11 Å². The van der Waals surface area contributed by atoms with Crippen molar-refractivity contribution in [1.29, 1.82) is 0 Å². The zero-order valence-corrected chi connectivity index (χ0v) is 8.75. The number of hydrogen-bond acceptors (Lipinski definition) is 3. The Hall–Kier alpha value is -1.61. The molecule has 0 aliphatic heterocycles. The van der Waals surface area contributed by atoms with Crippen molar-refractivity contribution in [2.45, 2.75) is 0 Å². The van der Waals surface area contributed by atoms with Crippen molar-refractivity contribution in [1.82, 2.24) is 0 Å². The largest absolute Gasteiger partial charge is 0.507 e. The number of benzene rings is 2. The summed E-state index contributed by atoms with van der Waals surface area (Å²) in [4.78, 5) is 0. The molecule has 2 N–H and O–H groups in total. The summed E-state index contributed by atoms with van der Waals surface area (Å²) in [5, 5.41) is 21.0. The SMILES string of the molecule is COc1cc(O)c2cc(Cl)ccc2c1O. The Morgan fingerprint density at radius 3 is 2.53 bits per heavy atom. The van der Waals surface area contributed by atoms with Crippen LogP contribution in [-0.2, 0) is 0 Å². The molecule has 3 nitrogen and oxygen atoms in total. The first-order chi connectivity index (χ1) is 7.13. The first-order valence-electron chi connectivity index (χ1n) is 4.31. The lowest BCUT2D eigenvalue weighted by Gasteiger charge is -2.08. The van der Waals surface area contributed by atoms with Gasteiger partial charge in [0.25, 0.3) is 0 Å². The fourth-order valence-corrected chi connectivity index (χ4v) is 1.67. The van der Waals surface area contributed by atoms with Gasteiger partial charge >= 0.3 is 0 Å². The first kappa shape index (κ1) is 9.93. The number of ether oxygens (including phenoxy) is 1. The van der Waals surface area contributed by atoms with Crippen LogP contribution in [0.1, 0.15) is 0 Å². The van der Waals surface area contributed by atoms with E-state index in [4.69, 9.17) is 16.3 Å². The van der Waals surface area contributed by atoms with E-state index in [0.29, 0.717) is 15.8 Å². The second-order valence-corrected chi connectivity index (χ2v) is 3.57. The van der Waals surface area contributed by atoms with Crippen LogP contribution in [0, 0.1) is 0 Å². The molecule has 2 aromatic rings. The molecule has 4 heteroatoms. The average molecular weight is 225 g/mol. The summed E-state index contributed by atoms with van der Waals surface area (Å²) in [6.07, 6.45) is 0. The summed E-state index contributed by atoms with van der Waals surface area (Å²) < 4.78 is 4.92. The number of aromatic hydroxyl groups is 2. The van der Waals surface area contributed by atoms with Crippen LogP contribution in [0.4, 0.5) is 0 Å². The lowest BCUT2D eigenvalue weighted by molar-refractivity contribution is 0.372. The molecule has 0 heterocycles. The van der Waals surface area contributed by atoms with Gasteiger partial charge in [-0.15, -0.1) is 0 Å². The fraction of sp³-hybridized carbons (Fsp3) is 0.0909. The maximum absolute atomic E-state index is 9.79. The van der Waals surface area contributed by atoms with Gasteiger partial charge in [-0.05, 0) is 18.2 Å². The molecule has 2 aromatic carbocycles. The number of halogens is 1. The Kier molecular flexibility index (Phi) is 2.32. The van der Waals surface area contributed by atoms with E-state index in [1.165, 1.54) is 13.2 Å². The summed E-state index contributed by atoms with van der Waals surface area (Å²) in [6, 6.07) is 6.22.